The molecule has 11 nitrogen and oxygen atoms in total. The molecular weight excluding hydrogens is 749 g/mol. The molecule has 1 amide bonds. The molecule has 0 bridgehead atoms. The first kappa shape index (κ1) is 56.3. The Morgan fingerprint density at radius 2 is 0.780 bits per heavy atom. The van der Waals surface area contributed by atoms with Crippen LogP contribution in [0.1, 0.15) is 208 Å². The lowest BCUT2D eigenvalue weighted by Gasteiger charge is -2.25. The second-order valence-electron chi connectivity index (χ2n) is 16.4. The predicted octanol–water partition coefficient (Wildman–Crippen LogP) is 10.8. The van der Waals surface area contributed by atoms with Crippen LogP contribution in [0.15, 0.2) is 0 Å². The molecular formula is C48H90N2O9. The highest BCUT2D eigenvalue weighted by Gasteiger charge is 2.21. The Labute approximate surface area is 361 Å². The lowest BCUT2D eigenvalue weighted by Crippen LogP contribution is -2.36. The van der Waals surface area contributed by atoms with Gasteiger partial charge in [0.25, 0.3) is 0 Å². The summed E-state index contributed by atoms with van der Waals surface area (Å²) in [7, 11) is 0. The summed E-state index contributed by atoms with van der Waals surface area (Å²) in [5, 5.41) is 0. The largest absolute Gasteiger partial charge is 0.466 e. The first-order valence-corrected chi connectivity index (χ1v) is 24.3. The molecule has 59 heavy (non-hydrogen) atoms. The van der Waals surface area contributed by atoms with E-state index >= 15 is 0 Å². The molecule has 0 radical (unpaired) electrons. The zero-order chi connectivity index (χ0) is 43.8. The topological polar surface area (TPSA) is 129 Å². The smallest absolute Gasteiger partial charge is 0.308 e. The van der Waals surface area contributed by atoms with Gasteiger partial charge in [-0.25, -0.2) is 0 Å². The van der Waals surface area contributed by atoms with Crippen molar-refractivity contribution < 1.29 is 42.9 Å². The summed E-state index contributed by atoms with van der Waals surface area (Å²) < 4.78 is 22.2. The summed E-state index contributed by atoms with van der Waals surface area (Å²) in [5.74, 6) is -0.717. The zero-order valence-electron chi connectivity index (χ0n) is 39.0. The molecule has 11 heteroatoms. The van der Waals surface area contributed by atoms with Crippen LogP contribution in [0.5, 0.6) is 0 Å². The van der Waals surface area contributed by atoms with Gasteiger partial charge in [0, 0.05) is 32.6 Å². The number of carbonyl (C=O) groups excluding carboxylic acids is 5. The Morgan fingerprint density at radius 1 is 0.390 bits per heavy atom. The van der Waals surface area contributed by atoms with Gasteiger partial charge in [-0.15, -0.1) is 0 Å². The average Bonchev–Trinajstić information content (AvgIpc) is 3.24. The minimum absolute atomic E-state index is 0.0259. The summed E-state index contributed by atoms with van der Waals surface area (Å²) in [6, 6.07) is 0. The molecule has 2 atom stereocenters. The Hall–Kier alpha value is -2.69. The zero-order valence-corrected chi connectivity index (χ0v) is 39.0. The van der Waals surface area contributed by atoms with E-state index in [1.807, 2.05) is 11.8 Å². The predicted molar refractivity (Wildman–Crippen MR) is 238 cm³/mol. The van der Waals surface area contributed by atoms with Crippen molar-refractivity contribution in [1.29, 1.82) is 0 Å². The Bertz CT molecular complexity index is 992. The first-order valence-electron chi connectivity index (χ1n) is 24.3. The minimum Gasteiger partial charge on any atom is -0.466 e. The Morgan fingerprint density at radius 3 is 1.19 bits per heavy atom. The molecule has 346 valence electrons. The normalized spacial score (nSPS) is 12.3. The van der Waals surface area contributed by atoms with Crippen molar-refractivity contribution in [3.63, 3.8) is 0 Å². The van der Waals surface area contributed by atoms with Crippen molar-refractivity contribution in [2.24, 2.45) is 11.8 Å². The van der Waals surface area contributed by atoms with Crippen molar-refractivity contribution in [1.82, 2.24) is 9.80 Å². The molecule has 0 aromatic rings. The number of carbonyl (C=O) groups is 5. The van der Waals surface area contributed by atoms with E-state index in [1.165, 1.54) is 25.7 Å². The summed E-state index contributed by atoms with van der Waals surface area (Å²) in [4.78, 5) is 67.4. The second kappa shape index (κ2) is 40.7. The van der Waals surface area contributed by atoms with E-state index in [-0.39, 0.29) is 67.7 Å². The van der Waals surface area contributed by atoms with Crippen molar-refractivity contribution in [2.45, 2.75) is 208 Å². The van der Waals surface area contributed by atoms with Crippen molar-refractivity contribution >= 4 is 29.8 Å². The van der Waals surface area contributed by atoms with Crippen molar-refractivity contribution in [3.8, 4) is 0 Å². The maximum absolute atomic E-state index is 12.7. The third-order valence-electron chi connectivity index (χ3n) is 11.0. The van der Waals surface area contributed by atoms with Gasteiger partial charge in [0.1, 0.15) is 0 Å². The Balaban J connectivity index is 4.80. The van der Waals surface area contributed by atoms with Gasteiger partial charge < -0.3 is 28.7 Å². The number of hydrogen-bond acceptors (Lipinski definition) is 10. The quantitative estimate of drug-likeness (QED) is 0.0333. The van der Waals surface area contributed by atoms with Gasteiger partial charge in [0.15, 0.2) is 0 Å². The third kappa shape index (κ3) is 32.7. The van der Waals surface area contributed by atoms with Crippen LogP contribution in [0.4, 0.5) is 0 Å². The molecule has 0 aliphatic heterocycles. The molecule has 2 unspecified atom stereocenters. The molecule has 0 fully saturated rings. The molecule has 0 saturated heterocycles. The molecule has 0 spiro atoms. The van der Waals surface area contributed by atoms with Crippen LogP contribution in [-0.2, 0) is 42.9 Å². The van der Waals surface area contributed by atoms with E-state index in [9.17, 15) is 24.0 Å². The number of rotatable bonds is 42. The standard InChI is InChI=1S/C48H90N2O9/c1-7-13-18-20-29-42(27-15-9-3)47(54)58-40-24-22-38-56-45(52)31-36-49(33-26-35-50(34-17-11-5)44(51)12-6)37-32-46(53)57-39-23-25-41-59-48(55)43(28-16-10-4)30-21-19-14-8-2/h42-43H,7-41H2,1-6H3. The molecule has 0 aliphatic rings. The van der Waals surface area contributed by atoms with E-state index in [0.29, 0.717) is 71.5 Å². The molecule has 0 heterocycles. The molecule has 0 rings (SSSR count). The summed E-state index contributed by atoms with van der Waals surface area (Å²) in [5.41, 5.74) is 0. The van der Waals surface area contributed by atoms with E-state index in [4.69, 9.17) is 18.9 Å². The van der Waals surface area contributed by atoms with Gasteiger partial charge in [-0.05, 0) is 70.8 Å². The number of nitrogens with zero attached hydrogens (tertiary/aromatic N) is 2. The number of amides is 1. The van der Waals surface area contributed by atoms with E-state index < -0.39 is 0 Å². The Kier molecular flexibility index (Phi) is 38.8. The third-order valence-corrected chi connectivity index (χ3v) is 11.0. The molecule has 0 aliphatic carbocycles. The lowest BCUT2D eigenvalue weighted by atomic mass is 9.95. The van der Waals surface area contributed by atoms with E-state index in [0.717, 1.165) is 103 Å². The van der Waals surface area contributed by atoms with Crippen molar-refractivity contribution in [3.05, 3.63) is 0 Å². The second-order valence-corrected chi connectivity index (χ2v) is 16.4. The van der Waals surface area contributed by atoms with Crippen LogP contribution in [-0.4, -0.2) is 98.7 Å². The van der Waals surface area contributed by atoms with Gasteiger partial charge in [0.2, 0.25) is 5.91 Å². The number of unbranched alkanes of at least 4 members (excludes halogenated alkanes) is 11. The van der Waals surface area contributed by atoms with Crippen LogP contribution in [0, 0.1) is 11.8 Å². The molecule has 0 aromatic heterocycles. The number of ether oxygens (including phenoxy) is 4. The van der Waals surface area contributed by atoms with Gasteiger partial charge >= 0.3 is 23.9 Å². The van der Waals surface area contributed by atoms with Gasteiger partial charge in [-0.3, -0.25) is 24.0 Å². The van der Waals surface area contributed by atoms with Gasteiger partial charge in [-0.1, -0.05) is 125 Å². The van der Waals surface area contributed by atoms with E-state index in [2.05, 4.69) is 39.5 Å². The minimum atomic E-state index is -0.305. The van der Waals surface area contributed by atoms with E-state index in [1.54, 1.807) is 0 Å². The van der Waals surface area contributed by atoms with Crippen molar-refractivity contribution in [2.75, 3.05) is 59.2 Å². The maximum atomic E-state index is 12.7. The van der Waals surface area contributed by atoms with Gasteiger partial charge in [0.05, 0.1) is 51.1 Å². The van der Waals surface area contributed by atoms with Gasteiger partial charge in [-0.2, -0.15) is 0 Å². The van der Waals surface area contributed by atoms with Crippen LogP contribution in [0.2, 0.25) is 0 Å². The van der Waals surface area contributed by atoms with Crippen LogP contribution < -0.4 is 0 Å². The summed E-state index contributed by atoms with van der Waals surface area (Å²) in [6.07, 6.45) is 22.9. The highest BCUT2D eigenvalue weighted by molar-refractivity contribution is 5.75. The molecule has 0 saturated carbocycles. The number of hydrogen-bond donors (Lipinski definition) is 0. The first-order chi connectivity index (χ1) is 28.7. The fourth-order valence-electron chi connectivity index (χ4n) is 7.06. The highest BCUT2D eigenvalue weighted by atomic mass is 16.5. The maximum Gasteiger partial charge on any atom is 0.308 e. The monoisotopic (exact) mass is 839 g/mol. The summed E-state index contributed by atoms with van der Waals surface area (Å²) >= 11 is 0. The van der Waals surface area contributed by atoms with Crippen LogP contribution >= 0.6 is 0 Å². The van der Waals surface area contributed by atoms with Crippen LogP contribution in [0.25, 0.3) is 0 Å². The van der Waals surface area contributed by atoms with Crippen LogP contribution in [0.3, 0.4) is 0 Å². The molecule has 0 aromatic carbocycles. The molecule has 0 N–H and O–H groups in total. The fourth-order valence-corrected chi connectivity index (χ4v) is 7.06. The lowest BCUT2D eigenvalue weighted by molar-refractivity contribution is -0.150. The highest BCUT2D eigenvalue weighted by Crippen LogP contribution is 2.20. The fraction of sp³-hybridized carbons (Fsp3) is 0.896. The average molecular weight is 839 g/mol. The SMILES string of the molecule is CCCCCCC(CCCC)C(=O)OCCCCOC(=O)CCN(CCCN(CCCC)C(=O)CC)CCC(=O)OCCCCOC(=O)C(CCCC)CCCCCC. The number of esters is 4. The summed E-state index contributed by atoms with van der Waals surface area (Å²) in [6.45, 7) is 16.7.